The highest BCUT2D eigenvalue weighted by Gasteiger charge is 2.33. The van der Waals surface area contributed by atoms with Gasteiger partial charge in [0.15, 0.2) is 0 Å². The molecule has 1 aliphatic rings. The molecule has 2 heterocycles. The van der Waals surface area contributed by atoms with E-state index >= 15 is 0 Å². The van der Waals surface area contributed by atoms with E-state index in [0.717, 1.165) is 26.2 Å². The number of nitrogens with zero attached hydrogens (tertiary/aromatic N) is 2. The van der Waals surface area contributed by atoms with Crippen molar-refractivity contribution in [3.8, 4) is 0 Å². The molecule has 0 N–H and O–H groups in total. The van der Waals surface area contributed by atoms with Crippen LogP contribution in [0.1, 0.15) is 22.2 Å². The number of hydrogen-bond donors (Lipinski definition) is 0. The van der Waals surface area contributed by atoms with Crippen LogP contribution in [0.2, 0.25) is 0 Å². The molecule has 0 spiro atoms. The number of thiophene rings is 1. The van der Waals surface area contributed by atoms with Crippen molar-refractivity contribution in [3.05, 3.63) is 94.2 Å². The standard InChI is InChI=1S/C21H22N2S/c1-3-8-18(9-4-1)16-22-13-14-23(17-19-10-5-2-6-11-19)21(22)20-12-7-15-24-20/h1-12,15,21H,13-14,16-17H2. The van der Waals surface area contributed by atoms with Crippen molar-refractivity contribution in [2.45, 2.75) is 19.3 Å². The minimum absolute atomic E-state index is 0.380. The molecule has 3 heteroatoms. The van der Waals surface area contributed by atoms with Crippen LogP contribution in [0.3, 0.4) is 0 Å². The molecule has 1 aliphatic heterocycles. The molecule has 0 amide bonds. The Kier molecular flexibility index (Phi) is 4.74. The molecular formula is C21H22N2S. The molecule has 1 fully saturated rings. The van der Waals surface area contributed by atoms with Gasteiger partial charge in [-0.1, -0.05) is 66.7 Å². The maximum absolute atomic E-state index is 2.60. The first kappa shape index (κ1) is 15.6. The second-order valence-electron chi connectivity index (χ2n) is 6.30. The normalized spacial score (nSPS) is 16.7. The van der Waals surface area contributed by atoms with Crippen LogP contribution in [-0.2, 0) is 13.1 Å². The van der Waals surface area contributed by atoms with Crippen LogP contribution >= 0.6 is 11.3 Å². The van der Waals surface area contributed by atoms with Crippen molar-refractivity contribution < 1.29 is 0 Å². The summed E-state index contributed by atoms with van der Waals surface area (Å²) in [6.07, 6.45) is 0.380. The van der Waals surface area contributed by atoms with Crippen molar-refractivity contribution >= 4 is 11.3 Å². The van der Waals surface area contributed by atoms with Crippen LogP contribution in [0, 0.1) is 0 Å². The summed E-state index contributed by atoms with van der Waals surface area (Å²) in [4.78, 5) is 6.65. The van der Waals surface area contributed by atoms with E-state index in [-0.39, 0.29) is 0 Å². The molecule has 0 radical (unpaired) electrons. The molecule has 3 aromatic rings. The minimum atomic E-state index is 0.380. The van der Waals surface area contributed by atoms with Crippen molar-refractivity contribution in [2.75, 3.05) is 13.1 Å². The zero-order valence-corrected chi connectivity index (χ0v) is 14.5. The van der Waals surface area contributed by atoms with Gasteiger partial charge in [-0.25, -0.2) is 0 Å². The van der Waals surface area contributed by atoms with Gasteiger partial charge >= 0.3 is 0 Å². The molecule has 0 aliphatic carbocycles. The predicted octanol–water partition coefficient (Wildman–Crippen LogP) is 4.76. The van der Waals surface area contributed by atoms with Crippen LogP contribution < -0.4 is 0 Å². The SMILES string of the molecule is c1ccc(CN2CCN(Cc3ccccc3)C2c2cccs2)cc1. The fourth-order valence-electron chi connectivity index (χ4n) is 3.50. The predicted molar refractivity (Wildman–Crippen MR) is 101 cm³/mol. The van der Waals surface area contributed by atoms with Gasteiger partial charge in [0.25, 0.3) is 0 Å². The third kappa shape index (κ3) is 3.44. The molecule has 0 unspecified atom stereocenters. The van der Waals surface area contributed by atoms with E-state index in [0.29, 0.717) is 6.17 Å². The maximum Gasteiger partial charge on any atom is 0.0987 e. The van der Waals surface area contributed by atoms with Crippen LogP contribution in [0.4, 0.5) is 0 Å². The van der Waals surface area contributed by atoms with Gasteiger partial charge in [0, 0.05) is 31.1 Å². The van der Waals surface area contributed by atoms with Crippen molar-refractivity contribution in [1.29, 1.82) is 0 Å². The summed E-state index contributed by atoms with van der Waals surface area (Å²) in [6.45, 7) is 4.25. The fourth-order valence-corrected chi connectivity index (χ4v) is 4.39. The third-order valence-corrected chi connectivity index (χ3v) is 5.53. The Bertz CT molecular complexity index is 691. The number of hydrogen-bond acceptors (Lipinski definition) is 3. The number of rotatable bonds is 5. The van der Waals surface area contributed by atoms with E-state index in [2.05, 4.69) is 88.0 Å². The second kappa shape index (κ2) is 7.31. The topological polar surface area (TPSA) is 6.48 Å². The van der Waals surface area contributed by atoms with E-state index < -0.39 is 0 Å². The zero-order chi connectivity index (χ0) is 16.2. The minimum Gasteiger partial charge on any atom is -0.278 e. The lowest BCUT2D eigenvalue weighted by Gasteiger charge is -2.29. The van der Waals surface area contributed by atoms with E-state index in [9.17, 15) is 0 Å². The summed E-state index contributed by atoms with van der Waals surface area (Å²) in [5.74, 6) is 0. The summed E-state index contributed by atoms with van der Waals surface area (Å²) in [6, 6.07) is 26.1. The molecule has 1 saturated heterocycles. The van der Waals surface area contributed by atoms with Gasteiger partial charge in [-0.05, 0) is 22.6 Å². The van der Waals surface area contributed by atoms with E-state index in [1.54, 1.807) is 0 Å². The van der Waals surface area contributed by atoms with Crippen LogP contribution in [0.15, 0.2) is 78.2 Å². The third-order valence-electron chi connectivity index (χ3n) is 4.62. The van der Waals surface area contributed by atoms with Gasteiger partial charge in [-0.3, -0.25) is 9.80 Å². The van der Waals surface area contributed by atoms with Crippen LogP contribution in [0.25, 0.3) is 0 Å². The summed E-state index contributed by atoms with van der Waals surface area (Å²) < 4.78 is 0. The van der Waals surface area contributed by atoms with E-state index in [4.69, 9.17) is 0 Å². The summed E-state index contributed by atoms with van der Waals surface area (Å²) >= 11 is 1.87. The molecule has 0 atom stereocenters. The van der Waals surface area contributed by atoms with Crippen molar-refractivity contribution in [1.82, 2.24) is 9.80 Å². The first-order chi connectivity index (χ1) is 11.9. The average molecular weight is 334 g/mol. The summed E-state index contributed by atoms with van der Waals surface area (Å²) in [7, 11) is 0. The molecule has 24 heavy (non-hydrogen) atoms. The molecule has 4 rings (SSSR count). The molecule has 2 nitrogen and oxygen atoms in total. The maximum atomic E-state index is 2.60. The Morgan fingerprint density at radius 2 is 1.25 bits per heavy atom. The highest BCUT2D eigenvalue weighted by molar-refractivity contribution is 7.10. The highest BCUT2D eigenvalue weighted by Crippen LogP contribution is 2.35. The lowest BCUT2D eigenvalue weighted by Crippen LogP contribution is -2.29. The Hall–Kier alpha value is -1.94. The van der Waals surface area contributed by atoms with Gasteiger partial charge < -0.3 is 0 Å². The fraction of sp³-hybridized carbons (Fsp3) is 0.238. The lowest BCUT2D eigenvalue weighted by molar-refractivity contribution is 0.129. The first-order valence-electron chi connectivity index (χ1n) is 8.49. The zero-order valence-electron chi connectivity index (χ0n) is 13.7. The van der Waals surface area contributed by atoms with Gasteiger partial charge in [-0.15, -0.1) is 11.3 Å². The lowest BCUT2D eigenvalue weighted by atomic mass is 10.2. The monoisotopic (exact) mass is 334 g/mol. The van der Waals surface area contributed by atoms with Crippen molar-refractivity contribution in [3.63, 3.8) is 0 Å². The van der Waals surface area contributed by atoms with Gasteiger partial charge in [-0.2, -0.15) is 0 Å². The summed E-state index contributed by atoms with van der Waals surface area (Å²) in [5, 5.41) is 2.19. The van der Waals surface area contributed by atoms with Gasteiger partial charge in [0.05, 0.1) is 6.17 Å². The molecule has 122 valence electrons. The Labute approximate surface area is 148 Å². The van der Waals surface area contributed by atoms with Gasteiger partial charge in [0.1, 0.15) is 0 Å². The molecule has 0 bridgehead atoms. The van der Waals surface area contributed by atoms with E-state index in [1.807, 2.05) is 11.3 Å². The Morgan fingerprint density at radius 3 is 1.71 bits per heavy atom. The smallest absolute Gasteiger partial charge is 0.0987 e. The van der Waals surface area contributed by atoms with E-state index in [1.165, 1.54) is 16.0 Å². The second-order valence-corrected chi connectivity index (χ2v) is 7.28. The molecular weight excluding hydrogens is 312 g/mol. The number of benzene rings is 2. The average Bonchev–Trinajstić information content (AvgIpc) is 3.27. The summed E-state index contributed by atoms with van der Waals surface area (Å²) in [5.41, 5.74) is 2.78. The first-order valence-corrected chi connectivity index (χ1v) is 9.37. The van der Waals surface area contributed by atoms with Crippen LogP contribution in [-0.4, -0.2) is 22.9 Å². The largest absolute Gasteiger partial charge is 0.278 e. The highest BCUT2D eigenvalue weighted by atomic mass is 32.1. The van der Waals surface area contributed by atoms with Gasteiger partial charge in [0.2, 0.25) is 0 Å². The quantitative estimate of drug-likeness (QED) is 0.663. The van der Waals surface area contributed by atoms with Crippen LogP contribution in [0.5, 0.6) is 0 Å². The molecule has 0 saturated carbocycles. The molecule has 2 aromatic carbocycles. The van der Waals surface area contributed by atoms with Crippen molar-refractivity contribution in [2.24, 2.45) is 0 Å². The Balaban J connectivity index is 1.56. The Morgan fingerprint density at radius 1 is 0.708 bits per heavy atom. The molecule has 1 aromatic heterocycles.